The third kappa shape index (κ3) is 5.92. The van der Waals surface area contributed by atoms with Gasteiger partial charge in [0.1, 0.15) is 0 Å². The van der Waals surface area contributed by atoms with Gasteiger partial charge in [-0.2, -0.15) is 0 Å². The average molecular weight is 369 g/mol. The van der Waals surface area contributed by atoms with Crippen molar-refractivity contribution >= 4 is 0 Å². The predicted octanol–water partition coefficient (Wildman–Crippen LogP) is 5.15. The summed E-state index contributed by atoms with van der Waals surface area (Å²) in [5.74, 6) is 2.30. The van der Waals surface area contributed by atoms with E-state index in [0.717, 1.165) is 19.1 Å². The molecule has 0 amide bonds. The average Bonchev–Trinajstić information content (AvgIpc) is 2.70. The van der Waals surface area contributed by atoms with Crippen LogP contribution in [0.25, 0.3) is 0 Å². The highest BCUT2D eigenvalue weighted by atomic mass is 16.7. The summed E-state index contributed by atoms with van der Waals surface area (Å²) in [7, 11) is 0. The topological polar surface area (TPSA) is 36.9 Å². The Hall–Kier alpha value is -0.160. The number of unbranched alkanes of at least 4 members (excludes halogenated alkanes) is 2. The number of hydrogen-bond acceptors (Lipinski definition) is 4. The molecular formula is C22H40O4. The first kappa shape index (κ1) is 20.6. The maximum atomic E-state index is 6.10. The van der Waals surface area contributed by atoms with Crippen LogP contribution in [0.2, 0.25) is 0 Å². The van der Waals surface area contributed by atoms with Crippen molar-refractivity contribution in [2.45, 2.75) is 90.6 Å². The van der Waals surface area contributed by atoms with Crippen molar-refractivity contribution < 1.29 is 18.9 Å². The fraction of sp³-hybridized carbons (Fsp3) is 1.00. The van der Waals surface area contributed by atoms with E-state index < -0.39 is 0 Å². The largest absolute Gasteiger partial charge is 0.352 e. The van der Waals surface area contributed by atoms with E-state index in [0.29, 0.717) is 25.0 Å². The van der Waals surface area contributed by atoms with E-state index in [4.69, 9.17) is 18.9 Å². The minimum atomic E-state index is -0.140. The first-order chi connectivity index (χ1) is 12.8. The van der Waals surface area contributed by atoms with Gasteiger partial charge in [-0.05, 0) is 38.0 Å². The van der Waals surface area contributed by atoms with Crippen molar-refractivity contribution in [1.82, 2.24) is 0 Å². The van der Waals surface area contributed by atoms with Crippen LogP contribution >= 0.6 is 0 Å². The van der Waals surface area contributed by atoms with Gasteiger partial charge in [0.2, 0.25) is 0 Å². The predicted molar refractivity (Wildman–Crippen MR) is 103 cm³/mol. The van der Waals surface area contributed by atoms with E-state index in [1.54, 1.807) is 0 Å². The van der Waals surface area contributed by atoms with Crippen LogP contribution in [0, 0.1) is 23.7 Å². The maximum absolute atomic E-state index is 6.10. The maximum Gasteiger partial charge on any atom is 0.164 e. The highest BCUT2D eigenvalue weighted by Gasteiger charge is 2.37. The molecule has 0 radical (unpaired) electrons. The zero-order valence-corrected chi connectivity index (χ0v) is 17.0. The molecule has 152 valence electrons. The fourth-order valence-corrected chi connectivity index (χ4v) is 4.80. The van der Waals surface area contributed by atoms with Gasteiger partial charge in [-0.25, -0.2) is 0 Å². The Morgan fingerprint density at radius 2 is 1.19 bits per heavy atom. The second-order valence-corrected chi connectivity index (χ2v) is 8.76. The lowest BCUT2D eigenvalue weighted by atomic mass is 9.79. The fourth-order valence-electron chi connectivity index (χ4n) is 4.80. The Bertz CT molecular complexity index is 364. The van der Waals surface area contributed by atoms with E-state index in [1.165, 1.54) is 64.2 Å². The second-order valence-electron chi connectivity index (χ2n) is 8.76. The first-order valence-electron chi connectivity index (χ1n) is 11.3. The SMILES string of the molecule is CCCCCC1COC(C2COC(C3CCC(CCC)CC3)OC2)OC1. The van der Waals surface area contributed by atoms with Gasteiger partial charge in [0.05, 0.1) is 32.3 Å². The van der Waals surface area contributed by atoms with Gasteiger partial charge in [0.25, 0.3) is 0 Å². The Morgan fingerprint density at radius 1 is 0.577 bits per heavy atom. The summed E-state index contributed by atoms with van der Waals surface area (Å²) in [6.45, 7) is 7.63. The van der Waals surface area contributed by atoms with Gasteiger partial charge >= 0.3 is 0 Å². The molecule has 1 saturated carbocycles. The number of rotatable bonds is 8. The lowest BCUT2D eigenvalue weighted by Gasteiger charge is -2.40. The summed E-state index contributed by atoms with van der Waals surface area (Å²) in [5.41, 5.74) is 0. The molecule has 4 nitrogen and oxygen atoms in total. The summed E-state index contributed by atoms with van der Waals surface area (Å²) < 4.78 is 24.2. The summed E-state index contributed by atoms with van der Waals surface area (Å²) >= 11 is 0. The molecule has 0 aromatic rings. The molecule has 2 heterocycles. The van der Waals surface area contributed by atoms with Crippen LogP contribution in [0.15, 0.2) is 0 Å². The Morgan fingerprint density at radius 3 is 1.81 bits per heavy atom. The highest BCUT2D eigenvalue weighted by Crippen LogP contribution is 2.36. The van der Waals surface area contributed by atoms with Crippen LogP contribution in [0.5, 0.6) is 0 Å². The monoisotopic (exact) mass is 368 g/mol. The molecule has 4 heteroatoms. The zero-order chi connectivity index (χ0) is 18.2. The van der Waals surface area contributed by atoms with Gasteiger partial charge in [0, 0.05) is 11.8 Å². The van der Waals surface area contributed by atoms with Crippen LogP contribution in [0.1, 0.15) is 78.1 Å². The zero-order valence-electron chi connectivity index (χ0n) is 17.0. The first-order valence-corrected chi connectivity index (χ1v) is 11.3. The van der Waals surface area contributed by atoms with Gasteiger partial charge in [-0.15, -0.1) is 0 Å². The van der Waals surface area contributed by atoms with E-state index >= 15 is 0 Å². The van der Waals surface area contributed by atoms with Crippen molar-refractivity contribution in [2.24, 2.45) is 23.7 Å². The molecule has 0 aromatic carbocycles. The van der Waals surface area contributed by atoms with E-state index in [2.05, 4.69) is 13.8 Å². The third-order valence-corrected chi connectivity index (χ3v) is 6.52. The molecule has 2 aliphatic heterocycles. The van der Waals surface area contributed by atoms with Gasteiger partial charge in [-0.3, -0.25) is 0 Å². The van der Waals surface area contributed by atoms with E-state index in [1.807, 2.05) is 0 Å². The molecule has 0 atom stereocenters. The van der Waals surface area contributed by atoms with Gasteiger partial charge < -0.3 is 18.9 Å². The van der Waals surface area contributed by atoms with Crippen molar-refractivity contribution in [2.75, 3.05) is 26.4 Å². The highest BCUT2D eigenvalue weighted by molar-refractivity contribution is 4.78. The number of ether oxygens (including phenoxy) is 4. The molecular weight excluding hydrogens is 328 g/mol. The normalized spacial score (nSPS) is 39.0. The molecule has 0 bridgehead atoms. The van der Waals surface area contributed by atoms with E-state index in [9.17, 15) is 0 Å². The molecule has 3 rings (SSSR count). The summed E-state index contributed by atoms with van der Waals surface area (Å²) in [6, 6.07) is 0. The van der Waals surface area contributed by atoms with Crippen molar-refractivity contribution in [1.29, 1.82) is 0 Å². The number of hydrogen-bond donors (Lipinski definition) is 0. The van der Waals surface area contributed by atoms with Crippen LogP contribution < -0.4 is 0 Å². The summed E-state index contributed by atoms with van der Waals surface area (Å²) in [4.78, 5) is 0. The molecule has 0 aromatic heterocycles. The third-order valence-electron chi connectivity index (χ3n) is 6.52. The molecule has 0 unspecified atom stereocenters. The van der Waals surface area contributed by atoms with Crippen LogP contribution in [-0.4, -0.2) is 39.0 Å². The lowest BCUT2D eigenvalue weighted by molar-refractivity contribution is -0.291. The quantitative estimate of drug-likeness (QED) is 0.555. The minimum Gasteiger partial charge on any atom is -0.352 e. The second kappa shape index (κ2) is 11.0. The minimum absolute atomic E-state index is 0.000732. The molecule has 3 fully saturated rings. The molecule has 0 spiro atoms. The van der Waals surface area contributed by atoms with Gasteiger partial charge in [0.15, 0.2) is 12.6 Å². The van der Waals surface area contributed by atoms with Crippen molar-refractivity contribution in [3.63, 3.8) is 0 Å². The van der Waals surface area contributed by atoms with Crippen molar-refractivity contribution in [3.8, 4) is 0 Å². The van der Waals surface area contributed by atoms with E-state index in [-0.39, 0.29) is 18.5 Å². The molecule has 26 heavy (non-hydrogen) atoms. The Balaban J connectivity index is 1.32. The summed E-state index contributed by atoms with van der Waals surface area (Å²) in [5, 5.41) is 0. The Labute approximate surface area is 160 Å². The molecule has 2 saturated heterocycles. The lowest BCUT2D eigenvalue weighted by Crippen LogP contribution is -2.46. The molecule has 0 N–H and O–H groups in total. The Kier molecular flexibility index (Phi) is 8.70. The van der Waals surface area contributed by atoms with Crippen LogP contribution in [0.3, 0.4) is 0 Å². The van der Waals surface area contributed by atoms with Crippen LogP contribution in [-0.2, 0) is 18.9 Å². The van der Waals surface area contributed by atoms with Crippen LogP contribution in [0.4, 0.5) is 0 Å². The van der Waals surface area contributed by atoms with Crippen molar-refractivity contribution in [3.05, 3.63) is 0 Å². The van der Waals surface area contributed by atoms with Gasteiger partial charge in [-0.1, -0.05) is 46.0 Å². The molecule has 1 aliphatic carbocycles. The molecule has 3 aliphatic rings. The smallest absolute Gasteiger partial charge is 0.164 e. The standard InChI is InChI=1S/C22H40O4/c1-3-5-6-8-18-13-23-22(24-14-18)20-15-25-21(26-16-20)19-11-9-17(7-4-2)10-12-19/h17-22H,3-16H2,1-2H3. The summed E-state index contributed by atoms with van der Waals surface area (Å²) in [6.07, 6.45) is 12.9.